The zero-order valence-electron chi connectivity index (χ0n) is 18.0. The van der Waals surface area contributed by atoms with Crippen molar-refractivity contribution in [3.63, 3.8) is 0 Å². The van der Waals surface area contributed by atoms with Crippen LogP contribution < -0.4 is 4.74 Å². The Morgan fingerprint density at radius 2 is 1.73 bits per heavy atom. The maximum Gasteiger partial charge on any atom is 0.343 e. The molecule has 0 aliphatic carbocycles. The van der Waals surface area contributed by atoms with E-state index in [4.69, 9.17) is 4.74 Å². The predicted octanol–water partition coefficient (Wildman–Crippen LogP) is 5.86. The van der Waals surface area contributed by atoms with Gasteiger partial charge in [0.1, 0.15) is 11.5 Å². The van der Waals surface area contributed by atoms with Gasteiger partial charge in [0.25, 0.3) is 5.69 Å². The second-order valence-corrected chi connectivity index (χ2v) is 7.61. The lowest BCUT2D eigenvalue weighted by atomic mass is 10.0. The number of aromatic hydroxyl groups is 1. The van der Waals surface area contributed by atoms with Crippen molar-refractivity contribution in [3.05, 3.63) is 105 Å². The maximum absolute atomic E-state index is 12.8. The van der Waals surface area contributed by atoms with Crippen LogP contribution >= 0.6 is 0 Å². The molecule has 7 heteroatoms. The first-order valence-electron chi connectivity index (χ1n) is 10.2. The highest BCUT2D eigenvalue weighted by Gasteiger charge is 2.14. The molecule has 0 atom stereocenters. The number of fused-ring (bicyclic) bond motifs is 1. The molecular formula is C26H20N2O5. The zero-order valence-corrected chi connectivity index (χ0v) is 18.0. The first-order valence-corrected chi connectivity index (χ1v) is 10.2. The molecule has 4 rings (SSSR count). The number of hydrogen-bond acceptors (Lipinski definition) is 6. The molecule has 3 aromatic carbocycles. The molecule has 0 spiro atoms. The van der Waals surface area contributed by atoms with Crippen molar-refractivity contribution >= 4 is 34.7 Å². The van der Waals surface area contributed by atoms with E-state index < -0.39 is 10.9 Å². The summed E-state index contributed by atoms with van der Waals surface area (Å²) in [6.45, 7) is 3.68. The molecule has 0 saturated heterocycles. The third-order valence-electron chi connectivity index (χ3n) is 5.22. The van der Waals surface area contributed by atoms with E-state index in [0.29, 0.717) is 11.1 Å². The van der Waals surface area contributed by atoms with Gasteiger partial charge >= 0.3 is 5.97 Å². The lowest BCUT2D eigenvalue weighted by Crippen LogP contribution is -2.09. The number of non-ortho nitro benzene ring substituents is 1. The Morgan fingerprint density at radius 3 is 2.39 bits per heavy atom. The number of carbonyl (C=O) groups is 1. The summed E-state index contributed by atoms with van der Waals surface area (Å²) < 4.78 is 5.41. The van der Waals surface area contributed by atoms with Crippen LogP contribution in [0.15, 0.2) is 66.9 Å². The highest BCUT2D eigenvalue weighted by atomic mass is 16.6. The molecule has 1 N–H and O–H groups in total. The number of benzene rings is 3. The Morgan fingerprint density at radius 1 is 1.03 bits per heavy atom. The van der Waals surface area contributed by atoms with Crippen LogP contribution in [0.3, 0.4) is 0 Å². The van der Waals surface area contributed by atoms with Crippen LogP contribution in [-0.2, 0) is 0 Å². The van der Waals surface area contributed by atoms with Gasteiger partial charge in [-0.1, -0.05) is 18.2 Å². The van der Waals surface area contributed by atoms with Crippen LogP contribution in [0.25, 0.3) is 23.1 Å². The Hall–Kier alpha value is -4.52. The second kappa shape index (κ2) is 8.92. The van der Waals surface area contributed by atoms with Gasteiger partial charge in [-0.25, -0.2) is 4.79 Å². The quantitative estimate of drug-likeness (QED) is 0.137. The average molecular weight is 440 g/mol. The number of hydrogen-bond donors (Lipinski definition) is 1. The first-order chi connectivity index (χ1) is 15.8. The number of rotatable bonds is 5. The summed E-state index contributed by atoms with van der Waals surface area (Å²) in [6, 6.07) is 16.2. The number of nitro groups is 1. The van der Waals surface area contributed by atoms with Gasteiger partial charge in [0, 0.05) is 23.7 Å². The minimum absolute atomic E-state index is 0.0863. The Labute approximate surface area is 189 Å². The monoisotopic (exact) mass is 440 g/mol. The number of nitro benzene ring substituents is 1. The van der Waals surface area contributed by atoms with Gasteiger partial charge < -0.3 is 9.84 Å². The minimum Gasteiger partial charge on any atom is -0.507 e. The van der Waals surface area contributed by atoms with Crippen LogP contribution in [0, 0.1) is 24.0 Å². The molecule has 7 nitrogen and oxygen atoms in total. The van der Waals surface area contributed by atoms with E-state index in [1.165, 1.54) is 24.3 Å². The number of esters is 1. The summed E-state index contributed by atoms with van der Waals surface area (Å²) in [5, 5.41) is 21.7. The SMILES string of the molecule is Cc1cc(C=Cc2cc(C(=O)Oc3ccc([N+](=O)[O-])cc3)cc3ncccc23)cc(C)c1O. The zero-order chi connectivity index (χ0) is 23.5. The summed E-state index contributed by atoms with van der Waals surface area (Å²) in [4.78, 5) is 27.5. The van der Waals surface area contributed by atoms with Crippen LogP contribution in [0.2, 0.25) is 0 Å². The first kappa shape index (κ1) is 21.7. The molecule has 0 aliphatic heterocycles. The van der Waals surface area contributed by atoms with Gasteiger partial charge in [-0.3, -0.25) is 15.1 Å². The molecule has 0 amide bonds. The Bertz CT molecular complexity index is 1390. The van der Waals surface area contributed by atoms with Gasteiger partial charge in [0.05, 0.1) is 16.0 Å². The number of phenolic OH excluding ortho intramolecular Hbond substituents is 1. The van der Waals surface area contributed by atoms with Crippen LogP contribution in [0.5, 0.6) is 11.5 Å². The van der Waals surface area contributed by atoms with Crippen molar-refractivity contribution in [2.24, 2.45) is 0 Å². The fourth-order valence-corrected chi connectivity index (χ4v) is 3.54. The van der Waals surface area contributed by atoms with Crippen molar-refractivity contribution in [3.8, 4) is 11.5 Å². The van der Waals surface area contributed by atoms with E-state index in [9.17, 15) is 20.0 Å². The predicted molar refractivity (Wildman–Crippen MR) is 126 cm³/mol. The fourth-order valence-electron chi connectivity index (χ4n) is 3.54. The molecule has 4 aromatic rings. The number of ether oxygens (including phenoxy) is 1. The number of phenols is 1. The number of nitrogens with zero attached hydrogens (tertiary/aromatic N) is 2. The molecule has 1 heterocycles. The van der Waals surface area contributed by atoms with E-state index >= 15 is 0 Å². The normalized spacial score (nSPS) is 11.1. The van der Waals surface area contributed by atoms with E-state index in [0.717, 1.165) is 27.6 Å². The number of aromatic nitrogens is 1. The Kier molecular flexibility index (Phi) is 5.87. The highest BCUT2D eigenvalue weighted by molar-refractivity contribution is 5.99. The summed E-state index contributed by atoms with van der Waals surface area (Å²) in [7, 11) is 0. The molecule has 0 unspecified atom stereocenters. The lowest BCUT2D eigenvalue weighted by Gasteiger charge is -2.08. The molecule has 0 fully saturated rings. The van der Waals surface area contributed by atoms with Gasteiger partial charge in [0.2, 0.25) is 0 Å². The summed E-state index contributed by atoms with van der Waals surface area (Å²) in [6.07, 6.45) is 5.44. The molecule has 0 saturated carbocycles. The number of pyridine rings is 1. The smallest absolute Gasteiger partial charge is 0.343 e. The topological polar surface area (TPSA) is 103 Å². The molecule has 0 aliphatic rings. The lowest BCUT2D eigenvalue weighted by molar-refractivity contribution is -0.384. The standard InChI is InChI=1S/C26H20N2O5/c1-16-12-18(13-17(2)25(16)29)5-6-19-14-20(15-24-23(19)4-3-11-27-24)26(30)33-22-9-7-21(8-10-22)28(31)32/h3-15,29H,1-2H3. The molecule has 164 valence electrons. The summed E-state index contributed by atoms with van der Waals surface area (Å²) in [5.74, 6) is -0.112. The largest absolute Gasteiger partial charge is 0.507 e. The van der Waals surface area contributed by atoms with Crippen LogP contribution in [0.1, 0.15) is 32.6 Å². The average Bonchev–Trinajstić information content (AvgIpc) is 2.81. The van der Waals surface area contributed by atoms with E-state index in [1.807, 2.05) is 50.3 Å². The molecule has 0 radical (unpaired) electrons. The fraction of sp³-hybridized carbons (Fsp3) is 0.0769. The number of aryl methyl sites for hydroxylation is 2. The van der Waals surface area contributed by atoms with Crippen molar-refractivity contribution in [1.29, 1.82) is 0 Å². The summed E-state index contributed by atoms with van der Waals surface area (Å²) in [5.41, 5.74) is 4.10. The van der Waals surface area contributed by atoms with Gasteiger partial charge in [-0.2, -0.15) is 0 Å². The van der Waals surface area contributed by atoms with Crippen molar-refractivity contribution < 1.29 is 19.6 Å². The molecule has 0 bridgehead atoms. The summed E-state index contributed by atoms with van der Waals surface area (Å²) >= 11 is 0. The van der Waals surface area contributed by atoms with Crippen molar-refractivity contribution in [1.82, 2.24) is 4.98 Å². The van der Waals surface area contributed by atoms with Gasteiger partial charge in [-0.05, 0) is 78.6 Å². The molecular weight excluding hydrogens is 420 g/mol. The van der Waals surface area contributed by atoms with E-state index in [-0.39, 0.29) is 17.2 Å². The maximum atomic E-state index is 12.8. The van der Waals surface area contributed by atoms with Crippen LogP contribution in [-0.4, -0.2) is 21.0 Å². The van der Waals surface area contributed by atoms with Crippen LogP contribution in [0.4, 0.5) is 5.69 Å². The van der Waals surface area contributed by atoms with Gasteiger partial charge in [-0.15, -0.1) is 0 Å². The highest BCUT2D eigenvalue weighted by Crippen LogP contribution is 2.26. The van der Waals surface area contributed by atoms with Crippen molar-refractivity contribution in [2.75, 3.05) is 0 Å². The Balaban J connectivity index is 1.68. The molecule has 1 aromatic heterocycles. The third kappa shape index (κ3) is 4.72. The van der Waals surface area contributed by atoms with E-state index in [2.05, 4.69) is 4.98 Å². The van der Waals surface area contributed by atoms with Gasteiger partial charge in [0.15, 0.2) is 0 Å². The third-order valence-corrected chi connectivity index (χ3v) is 5.22. The van der Waals surface area contributed by atoms with Crippen molar-refractivity contribution in [2.45, 2.75) is 13.8 Å². The second-order valence-electron chi connectivity index (χ2n) is 7.61. The van der Waals surface area contributed by atoms with E-state index in [1.54, 1.807) is 18.3 Å². The minimum atomic E-state index is -0.595. The number of carbonyl (C=O) groups excluding carboxylic acids is 1. The molecule has 33 heavy (non-hydrogen) atoms.